The van der Waals surface area contributed by atoms with Crippen molar-refractivity contribution in [2.45, 2.75) is 19.6 Å². The van der Waals surface area contributed by atoms with Crippen LogP contribution in [0.25, 0.3) is 0 Å². The van der Waals surface area contributed by atoms with Gasteiger partial charge in [0.05, 0.1) is 11.6 Å². The number of benzene rings is 1. The van der Waals surface area contributed by atoms with Crippen LogP contribution in [0.1, 0.15) is 6.92 Å². The normalized spacial score (nSPS) is 12.2. The van der Waals surface area contributed by atoms with Gasteiger partial charge >= 0.3 is 0 Å². The number of ether oxygens (including phenoxy) is 1. The Morgan fingerprint density at radius 2 is 1.92 bits per heavy atom. The molecule has 1 atom stereocenters. The second-order valence-electron chi connectivity index (χ2n) is 5.16. The van der Waals surface area contributed by atoms with Crippen LogP contribution >= 0.6 is 35.6 Å². The lowest BCUT2D eigenvalue weighted by atomic mass is 10.3. The second-order valence-corrected chi connectivity index (χ2v) is 5.57. The van der Waals surface area contributed by atoms with Gasteiger partial charge in [-0.1, -0.05) is 23.7 Å². The first-order valence-electron chi connectivity index (χ1n) is 7.65. The highest BCUT2D eigenvalue weighted by molar-refractivity contribution is 14.0. The summed E-state index contributed by atoms with van der Waals surface area (Å²) in [5, 5.41) is 7.14. The van der Waals surface area contributed by atoms with Gasteiger partial charge in [-0.05, 0) is 31.2 Å². The molecule has 2 rings (SSSR count). The quantitative estimate of drug-likeness (QED) is 0.377. The van der Waals surface area contributed by atoms with Crippen molar-refractivity contribution in [2.24, 2.45) is 4.99 Å². The number of nitrogens with zero attached hydrogens (tertiary/aromatic N) is 2. The van der Waals surface area contributed by atoms with Crippen LogP contribution in [0, 0.1) is 0 Å². The summed E-state index contributed by atoms with van der Waals surface area (Å²) in [6.07, 6.45) is 4.05. The lowest BCUT2D eigenvalue weighted by molar-refractivity contribution is 0.224. The highest BCUT2D eigenvalue weighted by Gasteiger charge is 2.07. The van der Waals surface area contributed by atoms with E-state index in [9.17, 15) is 0 Å². The molecule has 1 aromatic heterocycles. The molecule has 132 valence electrons. The molecular formula is C17H24ClIN4O. The number of hydrogen-bond donors (Lipinski definition) is 2. The molecule has 7 heteroatoms. The molecule has 0 radical (unpaired) electrons. The number of hydrogen-bond acceptors (Lipinski definition) is 2. The number of aromatic nitrogens is 1. The molecule has 5 nitrogen and oxygen atoms in total. The average Bonchev–Trinajstić information content (AvgIpc) is 3.06. The maximum absolute atomic E-state index is 6.09. The van der Waals surface area contributed by atoms with Crippen LogP contribution in [0.4, 0.5) is 0 Å². The zero-order valence-electron chi connectivity index (χ0n) is 13.9. The van der Waals surface area contributed by atoms with E-state index in [4.69, 9.17) is 16.3 Å². The van der Waals surface area contributed by atoms with Crippen molar-refractivity contribution in [2.75, 3.05) is 20.1 Å². The molecule has 24 heavy (non-hydrogen) atoms. The van der Waals surface area contributed by atoms with Crippen LogP contribution in [0.3, 0.4) is 0 Å². The zero-order chi connectivity index (χ0) is 16.5. The maximum atomic E-state index is 6.09. The molecule has 0 aliphatic carbocycles. The molecule has 0 fully saturated rings. The van der Waals surface area contributed by atoms with Crippen LogP contribution in [0.2, 0.25) is 5.02 Å². The SMILES string of the molecule is CN=C(NCCn1cccc1)NCC(C)Oc1ccccc1Cl.I. The van der Waals surface area contributed by atoms with Crippen LogP contribution in [0.5, 0.6) is 5.75 Å². The second kappa shape index (κ2) is 11.2. The lowest BCUT2D eigenvalue weighted by Crippen LogP contribution is -2.42. The zero-order valence-corrected chi connectivity index (χ0v) is 17.0. The number of para-hydroxylation sites is 1. The van der Waals surface area contributed by atoms with Crippen molar-refractivity contribution in [3.63, 3.8) is 0 Å². The Bertz CT molecular complexity index is 619. The summed E-state index contributed by atoms with van der Waals surface area (Å²) < 4.78 is 7.94. The largest absolute Gasteiger partial charge is 0.487 e. The van der Waals surface area contributed by atoms with E-state index in [0.29, 0.717) is 17.3 Å². The first kappa shape index (κ1) is 20.6. The van der Waals surface area contributed by atoms with E-state index in [1.165, 1.54) is 0 Å². The fourth-order valence-electron chi connectivity index (χ4n) is 2.08. The van der Waals surface area contributed by atoms with Gasteiger partial charge in [-0.3, -0.25) is 4.99 Å². The van der Waals surface area contributed by atoms with Crippen LogP contribution in [0.15, 0.2) is 53.8 Å². The summed E-state index contributed by atoms with van der Waals surface area (Å²) >= 11 is 6.09. The van der Waals surface area contributed by atoms with Crippen LogP contribution in [-0.4, -0.2) is 36.8 Å². The number of guanidine groups is 1. The van der Waals surface area contributed by atoms with Gasteiger partial charge in [-0.15, -0.1) is 24.0 Å². The van der Waals surface area contributed by atoms with Crippen LogP contribution in [-0.2, 0) is 6.54 Å². The Kier molecular flexibility index (Phi) is 9.63. The van der Waals surface area contributed by atoms with Gasteiger partial charge in [0.2, 0.25) is 0 Å². The molecule has 0 spiro atoms. The standard InChI is InChI=1S/C17H23ClN4O.HI/c1-14(23-16-8-4-3-7-15(16)18)13-21-17(19-2)20-9-12-22-10-5-6-11-22;/h3-8,10-11,14H,9,12-13H2,1-2H3,(H2,19,20,21);1H. The molecule has 1 aromatic carbocycles. The third-order valence-electron chi connectivity index (χ3n) is 3.27. The van der Waals surface area contributed by atoms with E-state index in [0.717, 1.165) is 19.0 Å². The van der Waals surface area contributed by atoms with E-state index in [1.54, 1.807) is 7.05 Å². The van der Waals surface area contributed by atoms with E-state index in [2.05, 4.69) is 20.2 Å². The van der Waals surface area contributed by atoms with Gasteiger partial charge in [0.25, 0.3) is 0 Å². The fourth-order valence-corrected chi connectivity index (χ4v) is 2.26. The Labute approximate surface area is 165 Å². The van der Waals surface area contributed by atoms with Gasteiger partial charge in [-0.2, -0.15) is 0 Å². The van der Waals surface area contributed by atoms with Gasteiger partial charge in [0.15, 0.2) is 5.96 Å². The smallest absolute Gasteiger partial charge is 0.191 e. The maximum Gasteiger partial charge on any atom is 0.191 e. The third-order valence-corrected chi connectivity index (χ3v) is 3.59. The minimum Gasteiger partial charge on any atom is -0.487 e. The van der Waals surface area contributed by atoms with E-state index in [1.807, 2.05) is 55.7 Å². The van der Waals surface area contributed by atoms with Gasteiger partial charge < -0.3 is 19.9 Å². The first-order valence-corrected chi connectivity index (χ1v) is 8.03. The number of nitrogens with one attached hydrogen (secondary N) is 2. The van der Waals surface area contributed by atoms with Crippen molar-refractivity contribution in [3.05, 3.63) is 53.8 Å². The van der Waals surface area contributed by atoms with Crippen molar-refractivity contribution in [1.82, 2.24) is 15.2 Å². The highest BCUT2D eigenvalue weighted by Crippen LogP contribution is 2.23. The fraction of sp³-hybridized carbons (Fsp3) is 0.353. The first-order chi connectivity index (χ1) is 11.2. The molecule has 1 unspecified atom stereocenters. The molecule has 2 N–H and O–H groups in total. The molecule has 0 aliphatic heterocycles. The predicted molar refractivity (Wildman–Crippen MR) is 111 cm³/mol. The highest BCUT2D eigenvalue weighted by atomic mass is 127. The van der Waals surface area contributed by atoms with Gasteiger partial charge in [-0.25, -0.2) is 0 Å². The van der Waals surface area contributed by atoms with E-state index >= 15 is 0 Å². The summed E-state index contributed by atoms with van der Waals surface area (Å²) in [6, 6.07) is 11.5. The van der Waals surface area contributed by atoms with Crippen molar-refractivity contribution >= 4 is 41.5 Å². The molecule has 0 saturated heterocycles. The number of halogens is 2. The molecule has 0 aliphatic rings. The Morgan fingerprint density at radius 1 is 1.21 bits per heavy atom. The van der Waals surface area contributed by atoms with Crippen LogP contribution < -0.4 is 15.4 Å². The molecule has 0 saturated carbocycles. The summed E-state index contributed by atoms with van der Waals surface area (Å²) in [4.78, 5) is 4.21. The molecule has 2 aromatic rings. The Hall–Kier alpha value is -1.41. The monoisotopic (exact) mass is 462 g/mol. The molecule has 0 bridgehead atoms. The van der Waals surface area contributed by atoms with Crippen molar-refractivity contribution in [1.29, 1.82) is 0 Å². The van der Waals surface area contributed by atoms with Gasteiger partial charge in [0.1, 0.15) is 11.9 Å². The van der Waals surface area contributed by atoms with Crippen molar-refractivity contribution in [3.8, 4) is 5.75 Å². The average molecular weight is 463 g/mol. The summed E-state index contributed by atoms with van der Waals surface area (Å²) in [6.45, 7) is 4.31. The Morgan fingerprint density at radius 3 is 2.58 bits per heavy atom. The topological polar surface area (TPSA) is 50.6 Å². The molecule has 1 heterocycles. The summed E-state index contributed by atoms with van der Waals surface area (Å²) in [5.41, 5.74) is 0. The van der Waals surface area contributed by atoms with E-state index in [-0.39, 0.29) is 30.1 Å². The summed E-state index contributed by atoms with van der Waals surface area (Å²) in [5.74, 6) is 1.45. The van der Waals surface area contributed by atoms with Gasteiger partial charge in [0, 0.05) is 32.5 Å². The van der Waals surface area contributed by atoms with Crippen molar-refractivity contribution < 1.29 is 4.74 Å². The molecular weight excluding hydrogens is 439 g/mol. The third kappa shape index (κ3) is 7.00. The lowest BCUT2D eigenvalue weighted by Gasteiger charge is -2.18. The Balaban J connectivity index is 0.00000288. The van der Waals surface area contributed by atoms with E-state index < -0.39 is 0 Å². The summed E-state index contributed by atoms with van der Waals surface area (Å²) in [7, 11) is 1.75. The predicted octanol–water partition coefficient (Wildman–Crippen LogP) is 3.39. The minimum absolute atomic E-state index is 0. The molecule has 0 amide bonds. The number of aliphatic imine (C=N–C) groups is 1. The number of rotatable bonds is 7. The minimum atomic E-state index is -0.0297.